The number of carbonyl (C=O) groups excluding carboxylic acids is 1. The van der Waals surface area contributed by atoms with Gasteiger partial charge in [0.05, 0.1) is 23.0 Å². The number of carbonyl (C=O) groups is 1. The maximum Gasteiger partial charge on any atom is 0.283 e. The molecule has 0 atom stereocenters. The zero-order valence-corrected chi connectivity index (χ0v) is 13.9. The summed E-state index contributed by atoms with van der Waals surface area (Å²) >= 11 is 1.36. The molecule has 1 aromatic heterocycles. The highest BCUT2D eigenvalue weighted by atomic mass is 32.1. The first-order valence-corrected chi connectivity index (χ1v) is 7.81. The van der Waals surface area contributed by atoms with Crippen molar-refractivity contribution in [3.05, 3.63) is 45.4 Å². The molecule has 1 N–H and O–H groups in total. The van der Waals surface area contributed by atoms with Crippen molar-refractivity contribution in [2.75, 3.05) is 0 Å². The molecular formula is C16H19N3O2S. The minimum atomic E-state index is -0.242. The van der Waals surface area contributed by atoms with Crippen molar-refractivity contribution in [1.82, 2.24) is 10.4 Å². The number of hydrogen-bond donors (Lipinski definition) is 1. The normalized spacial score (nSPS) is 11.1. The average molecular weight is 317 g/mol. The largest absolute Gasteiger partial charge is 0.491 e. The van der Waals surface area contributed by atoms with Crippen molar-refractivity contribution in [2.45, 2.75) is 33.8 Å². The molecule has 0 saturated heterocycles. The minimum absolute atomic E-state index is 0.115. The number of hydrogen-bond acceptors (Lipinski definition) is 5. The summed E-state index contributed by atoms with van der Waals surface area (Å²) in [4.78, 5) is 16.8. The van der Waals surface area contributed by atoms with E-state index in [-0.39, 0.29) is 12.0 Å². The highest BCUT2D eigenvalue weighted by Crippen LogP contribution is 2.17. The summed E-state index contributed by atoms with van der Waals surface area (Å²) in [7, 11) is 0. The van der Waals surface area contributed by atoms with Gasteiger partial charge in [-0.25, -0.2) is 10.4 Å². The fraction of sp³-hybridized carbons (Fsp3) is 0.312. The Morgan fingerprint density at radius 1 is 1.41 bits per heavy atom. The quantitative estimate of drug-likeness (QED) is 0.680. The Morgan fingerprint density at radius 2 is 2.18 bits per heavy atom. The maximum absolute atomic E-state index is 12.0. The summed E-state index contributed by atoms with van der Waals surface area (Å²) in [6.45, 7) is 7.63. The van der Waals surface area contributed by atoms with Crippen molar-refractivity contribution in [3.63, 3.8) is 0 Å². The number of aryl methyl sites for hydroxylation is 2. The van der Waals surface area contributed by atoms with Crippen LogP contribution in [0.1, 0.15) is 39.8 Å². The first-order chi connectivity index (χ1) is 10.5. The van der Waals surface area contributed by atoms with Gasteiger partial charge in [-0.3, -0.25) is 4.79 Å². The van der Waals surface area contributed by atoms with Crippen LogP contribution in [0.5, 0.6) is 5.75 Å². The Kier molecular flexibility index (Phi) is 5.27. The standard InChI is InChI=1S/C16H19N3O2S/c1-10(2)21-14-7-5-6-13(8-14)9-17-19-16(20)15-11(3)18-12(4)22-15/h5-10H,1-4H3,(H,19,20)/b17-9+. The first-order valence-electron chi connectivity index (χ1n) is 7.00. The van der Waals surface area contributed by atoms with E-state index in [2.05, 4.69) is 15.5 Å². The van der Waals surface area contributed by atoms with Gasteiger partial charge in [-0.2, -0.15) is 5.10 Å². The van der Waals surface area contributed by atoms with Crippen molar-refractivity contribution in [3.8, 4) is 5.75 Å². The van der Waals surface area contributed by atoms with Crippen LogP contribution in [-0.4, -0.2) is 23.2 Å². The van der Waals surface area contributed by atoms with E-state index in [1.54, 1.807) is 6.21 Å². The Bertz CT molecular complexity index is 692. The van der Waals surface area contributed by atoms with Crippen molar-refractivity contribution in [2.24, 2.45) is 5.10 Å². The molecule has 0 unspecified atom stereocenters. The molecule has 0 aliphatic carbocycles. The van der Waals surface area contributed by atoms with Crippen molar-refractivity contribution < 1.29 is 9.53 Å². The second kappa shape index (κ2) is 7.17. The Morgan fingerprint density at radius 3 is 2.82 bits per heavy atom. The van der Waals surface area contributed by atoms with Crippen LogP contribution in [-0.2, 0) is 0 Å². The van der Waals surface area contributed by atoms with Crippen LogP contribution < -0.4 is 10.2 Å². The molecule has 0 spiro atoms. The van der Waals surface area contributed by atoms with E-state index in [4.69, 9.17) is 4.74 Å². The molecule has 0 saturated carbocycles. The zero-order valence-electron chi connectivity index (χ0n) is 13.1. The second-order valence-corrected chi connectivity index (χ2v) is 6.29. The molecule has 116 valence electrons. The van der Waals surface area contributed by atoms with Gasteiger partial charge in [0.25, 0.3) is 5.91 Å². The molecule has 0 aliphatic rings. The summed E-state index contributed by atoms with van der Waals surface area (Å²) in [6.07, 6.45) is 1.71. The number of nitrogens with zero attached hydrogens (tertiary/aromatic N) is 2. The number of ether oxygens (including phenoxy) is 1. The fourth-order valence-electron chi connectivity index (χ4n) is 1.90. The first kappa shape index (κ1) is 16.2. The van der Waals surface area contributed by atoms with Gasteiger partial charge >= 0.3 is 0 Å². The molecule has 6 heteroatoms. The van der Waals surface area contributed by atoms with E-state index in [0.29, 0.717) is 4.88 Å². The zero-order chi connectivity index (χ0) is 16.1. The minimum Gasteiger partial charge on any atom is -0.491 e. The van der Waals surface area contributed by atoms with Gasteiger partial charge < -0.3 is 4.74 Å². The van der Waals surface area contributed by atoms with Crippen LogP contribution in [0.25, 0.3) is 0 Å². The van der Waals surface area contributed by atoms with Gasteiger partial charge in [-0.05, 0) is 45.4 Å². The molecule has 22 heavy (non-hydrogen) atoms. The Labute approximate surface area is 134 Å². The number of aromatic nitrogens is 1. The predicted molar refractivity (Wildman–Crippen MR) is 88.9 cm³/mol. The summed E-state index contributed by atoms with van der Waals surface area (Å²) in [5.41, 5.74) is 4.10. The highest BCUT2D eigenvalue weighted by molar-refractivity contribution is 7.13. The monoisotopic (exact) mass is 317 g/mol. The fourth-order valence-corrected chi connectivity index (χ4v) is 2.71. The smallest absolute Gasteiger partial charge is 0.283 e. The lowest BCUT2D eigenvalue weighted by molar-refractivity contribution is 0.0958. The van der Waals surface area contributed by atoms with Crippen molar-refractivity contribution in [1.29, 1.82) is 0 Å². The lowest BCUT2D eigenvalue weighted by atomic mass is 10.2. The average Bonchev–Trinajstić information content (AvgIpc) is 2.77. The van der Waals surface area contributed by atoms with Crippen LogP contribution in [0.15, 0.2) is 29.4 Å². The molecule has 2 aromatic rings. The molecule has 1 heterocycles. The van der Waals surface area contributed by atoms with Crippen LogP contribution in [0.4, 0.5) is 0 Å². The molecule has 0 radical (unpaired) electrons. The lowest BCUT2D eigenvalue weighted by Crippen LogP contribution is -2.17. The van der Waals surface area contributed by atoms with Crippen LogP contribution in [0.3, 0.4) is 0 Å². The van der Waals surface area contributed by atoms with Crippen LogP contribution in [0, 0.1) is 13.8 Å². The third kappa shape index (κ3) is 4.39. The number of nitrogens with one attached hydrogen (secondary N) is 1. The Balaban J connectivity index is 2.00. The summed E-state index contributed by atoms with van der Waals surface area (Å²) in [6, 6.07) is 7.54. The van der Waals surface area contributed by atoms with Gasteiger partial charge in [0.2, 0.25) is 0 Å². The predicted octanol–water partition coefficient (Wildman–Crippen LogP) is 3.31. The second-order valence-electron chi connectivity index (χ2n) is 5.09. The topological polar surface area (TPSA) is 63.6 Å². The van der Waals surface area contributed by atoms with Gasteiger partial charge in [0, 0.05) is 0 Å². The Hall–Kier alpha value is -2.21. The van der Waals surface area contributed by atoms with Gasteiger partial charge in [0.1, 0.15) is 10.6 Å². The summed E-state index contributed by atoms with van der Waals surface area (Å²) in [5.74, 6) is 0.535. The molecule has 1 amide bonds. The van der Waals surface area contributed by atoms with E-state index in [0.717, 1.165) is 22.0 Å². The molecule has 0 aliphatic heterocycles. The number of amides is 1. The lowest BCUT2D eigenvalue weighted by Gasteiger charge is -2.09. The van der Waals surface area contributed by atoms with E-state index in [1.165, 1.54) is 11.3 Å². The van der Waals surface area contributed by atoms with Crippen molar-refractivity contribution >= 4 is 23.5 Å². The number of benzene rings is 1. The molecule has 5 nitrogen and oxygen atoms in total. The third-order valence-electron chi connectivity index (χ3n) is 2.72. The van der Waals surface area contributed by atoms with E-state index < -0.39 is 0 Å². The molecule has 0 bridgehead atoms. The summed E-state index contributed by atoms with van der Waals surface area (Å²) in [5, 5.41) is 4.85. The molecule has 0 fully saturated rings. The van der Waals surface area contributed by atoms with Gasteiger partial charge in [-0.15, -0.1) is 11.3 Å². The van der Waals surface area contributed by atoms with E-state index >= 15 is 0 Å². The molecular weight excluding hydrogens is 298 g/mol. The van der Waals surface area contributed by atoms with Gasteiger partial charge in [0.15, 0.2) is 0 Å². The maximum atomic E-state index is 12.0. The molecule has 2 rings (SSSR count). The molecule has 1 aromatic carbocycles. The number of hydrazone groups is 1. The number of rotatable bonds is 5. The highest BCUT2D eigenvalue weighted by Gasteiger charge is 2.12. The number of thiazole rings is 1. The third-order valence-corrected chi connectivity index (χ3v) is 3.79. The van der Waals surface area contributed by atoms with E-state index in [9.17, 15) is 4.79 Å². The van der Waals surface area contributed by atoms with E-state index in [1.807, 2.05) is 52.0 Å². The van der Waals surface area contributed by atoms with Crippen LogP contribution >= 0.6 is 11.3 Å². The van der Waals surface area contributed by atoms with Gasteiger partial charge in [-0.1, -0.05) is 12.1 Å². The van der Waals surface area contributed by atoms with Crippen LogP contribution in [0.2, 0.25) is 0 Å². The summed E-state index contributed by atoms with van der Waals surface area (Å²) < 4.78 is 5.61. The SMILES string of the molecule is Cc1nc(C)c(C(=O)N/N=C/c2cccc(OC(C)C)c2)s1.